The first-order valence-electron chi connectivity index (χ1n) is 8.07. The van der Waals surface area contributed by atoms with Gasteiger partial charge in [-0.2, -0.15) is 0 Å². The van der Waals surface area contributed by atoms with Gasteiger partial charge in [-0.05, 0) is 53.0 Å². The van der Waals surface area contributed by atoms with Crippen molar-refractivity contribution in [3.05, 3.63) is 52.4 Å². The molecule has 3 rings (SSSR count). The zero-order valence-electron chi connectivity index (χ0n) is 13.8. The molecule has 0 saturated carbocycles. The van der Waals surface area contributed by atoms with Crippen molar-refractivity contribution in [3.63, 3.8) is 0 Å². The Morgan fingerprint density at radius 1 is 1.20 bits per heavy atom. The first-order chi connectivity index (χ1) is 12.1. The number of piperidine rings is 1. The van der Waals surface area contributed by atoms with Crippen LogP contribution < -0.4 is 10.1 Å². The summed E-state index contributed by atoms with van der Waals surface area (Å²) in [6.07, 6.45) is 1.41. The molecule has 0 atom stereocenters. The Hall–Kier alpha value is -2.28. The molecule has 6 nitrogen and oxygen atoms in total. The summed E-state index contributed by atoms with van der Waals surface area (Å²) >= 11 is 3.20. The number of methoxy groups -OCH3 is 1. The lowest BCUT2D eigenvalue weighted by Gasteiger charge is -2.32. The zero-order chi connectivity index (χ0) is 17.8. The highest BCUT2D eigenvalue weighted by molar-refractivity contribution is 9.10. The normalized spacial score (nSPS) is 15.0. The van der Waals surface area contributed by atoms with Crippen LogP contribution in [-0.4, -0.2) is 43.0 Å². The van der Waals surface area contributed by atoms with Gasteiger partial charge in [0.1, 0.15) is 5.75 Å². The van der Waals surface area contributed by atoms with Gasteiger partial charge in [-0.25, -0.2) is 0 Å². The van der Waals surface area contributed by atoms with Crippen molar-refractivity contribution in [2.75, 3.05) is 20.2 Å². The van der Waals surface area contributed by atoms with E-state index >= 15 is 0 Å². The number of nitrogens with zero attached hydrogens (tertiary/aromatic N) is 1. The maximum atomic E-state index is 12.4. The van der Waals surface area contributed by atoms with Gasteiger partial charge in [-0.3, -0.25) is 9.59 Å². The molecule has 1 aliphatic rings. The fourth-order valence-electron chi connectivity index (χ4n) is 2.91. The predicted molar refractivity (Wildman–Crippen MR) is 95.8 cm³/mol. The van der Waals surface area contributed by atoms with Gasteiger partial charge in [-0.15, -0.1) is 0 Å². The molecule has 0 aliphatic carbocycles. The number of carbonyl (C=O) groups excluding carboxylic acids is 2. The van der Waals surface area contributed by atoms with Gasteiger partial charge in [0.15, 0.2) is 10.4 Å². The number of carbonyl (C=O) groups is 2. The van der Waals surface area contributed by atoms with E-state index in [-0.39, 0.29) is 17.9 Å². The van der Waals surface area contributed by atoms with E-state index in [1.807, 2.05) is 6.07 Å². The van der Waals surface area contributed by atoms with Crippen LogP contribution in [0.3, 0.4) is 0 Å². The van der Waals surface area contributed by atoms with Crippen molar-refractivity contribution in [3.8, 4) is 5.75 Å². The monoisotopic (exact) mass is 406 g/mol. The summed E-state index contributed by atoms with van der Waals surface area (Å²) in [6.45, 7) is 1.15. The summed E-state index contributed by atoms with van der Waals surface area (Å²) in [5, 5.41) is 3.03. The van der Waals surface area contributed by atoms with Crippen LogP contribution in [0.5, 0.6) is 5.75 Å². The van der Waals surface area contributed by atoms with Crippen molar-refractivity contribution < 1.29 is 18.7 Å². The average molecular weight is 407 g/mol. The first kappa shape index (κ1) is 17.5. The number of para-hydroxylation sites is 1. The second-order valence-corrected chi connectivity index (χ2v) is 6.63. The Labute approximate surface area is 154 Å². The molecule has 0 spiro atoms. The van der Waals surface area contributed by atoms with E-state index in [0.717, 1.165) is 0 Å². The fourth-order valence-corrected chi connectivity index (χ4v) is 3.21. The third-order valence-corrected chi connectivity index (χ3v) is 4.68. The molecule has 25 heavy (non-hydrogen) atoms. The number of rotatable bonds is 4. The Morgan fingerprint density at radius 2 is 1.92 bits per heavy atom. The molecule has 1 aliphatic heterocycles. The SMILES string of the molecule is COc1ccccc1C(=O)NC1CCN(C(=O)c2ccc(Br)o2)CC1. The van der Waals surface area contributed by atoms with Crippen molar-refractivity contribution in [2.24, 2.45) is 0 Å². The van der Waals surface area contributed by atoms with Crippen LogP contribution in [0.1, 0.15) is 33.8 Å². The highest BCUT2D eigenvalue weighted by atomic mass is 79.9. The number of hydrogen-bond acceptors (Lipinski definition) is 4. The molecule has 1 saturated heterocycles. The summed E-state index contributed by atoms with van der Waals surface area (Å²) in [4.78, 5) is 26.5. The molecule has 1 N–H and O–H groups in total. The molecular formula is C18H19BrN2O4. The standard InChI is InChI=1S/C18H19BrN2O4/c1-24-14-5-3-2-4-13(14)17(22)20-12-8-10-21(11-9-12)18(23)15-6-7-16(19)25-15/h2-7,12H,8-11H2,1H3,(H,20,22). The quantitative estimate of drug-likeness (QED) is 0.846. The number of halogens is 1. The van der Waals surface area contributed by atoms with Crippen LogP contribution in [-0.2, 0) is 0 Å². The van der Waals surface area contributed by atoms with E-state index in [9.17, 15) is 9.59 Å². The summed E-state index contributed by atoms with van der Waals surface area (Å²) in [6, 6.07) is 10.5. The van der Waals surface area contributed by atoms with Gasteiger partial charge >= 0.3 is 0 Å². The van der Waals surface area contributed by atoms with Gasteiger partial charge in [0.25, 0.3) is 11.8 Å². The van der Waals surface area contributed by atoms with Gasteiger partial charge in [0, 0.05) is 19.1 Å². The second kappa shape index (κ2) is 7.74. The van der Waals surface area contributed by atoms with E-state index < -0.39 is 0 Å². The number of hydrogen-bond donors (Lipinski definition) is 1. The van der Waals surface area contributed by atoms with Crippen LogP contribution >= 0.6 is 15.9 Å². The maximum absolute atomic E-state index is 12.4. The topological polar surface area (TPSA) is 71.8 Å². The van der Waals surface area contributed by atoms with Crippen molar-refractivity contribution in [2.45, 2.75) is 18.9 Å². The molecule has 2 aromatic rings. The minimum atomic E-state index is -0.155. The second-order valence-electron chi connectivity index (χ2n) is 5.84. The van der Waals surface area contributed by atoms with E-state index in [4.69, 9.17) is 9.15 Å². The molecule has 2 amide bonds. The highest BCUT2D eigenvalue weighted by Gasteiger charge is 2.26. The van der Waals surface area contributed by atoms with Crippen LogP contribution in [0.15, 0.2) is 45.5 Å². The van der Waals surface area contributed by atoms with Crippen molar-refractivity contribution in [1.29, 1.82) is 0 Å². The van der Waals surface area contributed by atoms with E-state index in [1.165, 1.54) is 0 Å². The molecule has 0 unspecified atom stereocenters. The van der Waals surface area contributed by atoms with Crippen LogP contribution in [0.4, 0.5) is 0 Å². The Kier molecular flexibility index (Phi) is 5.43. The van der Waals surface area contributed by atoms with Gasteiger partial charge < -0.3 is 19.4 Å². The average Bonchev–Trinajstić information content (AvgIpc) is 3.08. The summed E-state index contributed by atoms with van der Waals surface area (Å²) < 4.78 is 11.1. The number of furan rings is 1. The van der Waals surface area contributed by atoms with E-state index in [2.05, 4.69) is 21.2 Å². The lowest BCUT2D eigenvalue weighted by molar-refractivity contribution is 0.0666. The molecule has 7 heteroatoms. The molecular weight excluding hydrogens is 388 g/mol. The third kappa shape index (κ3) is 4.04. The largest absolute Gasteiger partial charge is 0.496 e. The minimum Gasteiger partial charge on any atom is -0.496 e. The molecule has 1 aromatic carbocycles. The molecule has 1 aromatic heterocycles. The molecule has 2 heterocycles. The van der Waals surface area contributed by atoms with Crippen molar-refractivity contribution in [1.82, 2.24) is 10.2 Å². The van der Waals surface area contributed by atoms with Crippen LogP contribution in [0.25, 0.3) is 0 Å². The Balaban J connectivity index is 1.56. The van der Waals surface area contributed by atoms with E-state index in [1.54, 1.807) is 42.3 Å². The number of nitrogens with one attached hydrogen (secondary N) is 1. The lowest BCUT2D eigenvalue weighted by Crippen LogP contribution is -2.46. The lowest BCUT2D eigenvalue weighted by atomic mass is 10.0. The molecule has 1 fully saturated rings. The number of benzene rings is 1. The Morgan fingerprint density at radius 3 is 2.56 bits per heavy atom. The predicted octanol–water partition coefficient (Wildman–Crippen LogP) is 3.09. The maximum Gasteiger partial charge on any atom is 0.289 e. The fraction of sp³-hybridized carbons (Fsp3) is 0.333. The number of amides is 2. The van der Waals surface area contributed by atoms with Crippen molar-refractivity contribution >= 4 is 27.7 Å². The van der Waals surface area contributed by atoms with E-state index in [0.29, 0.717) is 47.7 Å². The zero-order valence-corrected chi connectivity index (χ0v) is 15.4. The Bertz CT molecular complexity index is 766. The number of ether oxygens (including phenoxy) is 1. The first-order valence-corrected chi connectivity index (χ1v) is 8.86. The highest BCUT2D eigenvalue weighted by Crippen LogP contribution is 2.20. The van der Waals surface area contributed by atoms with Crippen LogP contribution in [0, 0.1) is 0 Å². The molecule has 132 valence electrons. The molecule has 0 radical (unpaired) electrons. The van der Waals surface area contributed by atoms with Crippen LogP contribution in [0.2, 0.25) is 0 Å². The number of likely N-dealkylation sites (tertiary alicyclic amines) is 1. The molecule has 0 bridgehead atoms. The summed E-state index contributed by atoms with van der Waals surface area (Å²) in [5.74, 6) is 0.594. The van der Waals surface area contributed by atoms with Gasteiger partial charge in [-0.1, -0.05) is 12.1 Å². The minimum absolute atomic E-state index is 0.0322. The summed E-state index contributed by atoms with van der Waals surface area (Å²) in [7, 11) is 1.54. The van der Waals surface area contributed by atoms with Gasteiger partial charge in [0.05, 0.1) is 12.7 Å². The summed E-state index contributed by atoms with van der Waals surface area (Å²) in [5.41, 5.74) is 0.518. The smallest absolute Gasteiger partial charge is 0.289 e. The van der Waals surface area contributed by atoms with Gasteiger partial charge in [0.2, 0.25) is 0 Å². The third-order valence-electron chi connectivity index (χ3n) is 4.25.